The number of piperidine rings is 1. The van der Waals surface area contributed by atoms with Crippen LogP contribution in [0.4, 0.5) is 4.39 Å². The highest BCUT2D eigenvalue weighted by molar-refractivity contribution is 7.88. The Morgan fingerprint density at radius 3 is 2.24 bits per heavy atom. The molecule has 1 aliphatic rings. The molecule has 1 saturated heterocycles. The average molecular weight is 477 g/mol. The Hall–Kier alpha value is -2.45. The molecule has 0 bridgehead atoms. The molecule has 1 N–H and O–H groups in total. The predicted octanol–water partition coefficient (Wildman–Crippen LogP) is 4.28. The number of rotatable bonds is 9. The van der Waals surface area contributed by atoms with Crippen LogP contribution in [0, 0.1) is 17.7 Å². The van der Waals surface area contributed by atoms with Crippen LogP contribution in [0.2, 0.25) is 0 Å². The van der Waals surface area contributed by atoms with Crippen LogP contribution in [0.25, 0.3) is 0 Å². The van der Waals surface area contributed by atoms with Gasteiger partial charge in [-0.25, -0.2) is 17.1 Å². The lowest BCUT2D eigenvalue weighted by atomic mass is 9.93. The third-order valence-corrected chi connectivity index (χ3v) is 7.87. The lowest BCUT2D eigenvalue weighted by molar-refractivity contribution is -0.127. The second-order valence-electron chi connectivity index (χ2n) is 9.02. The van der Waals surface area contributed by atoms with Gasteiger partial charge in [0.2, 0.25) is 15.9 Å². The molecule has 8 heteroatoms. The maximum Gasteiger partial charge on any atom is 0.223 e. The molecule has 1 atom stereocenters. The SMILES string of the molecule is COc1ccc(C(CC(C)C)NC(=O)C2CCN(S(=O)(=O)Cc3ccc(F)cc3)CC2)cc1. The Morgan fingerprint density at radius 2 is 1.70 bits per heavy atom. The fourth-order valence-electron chi connectivity index (χ4n) is 4.15. The van der Waals surface area contributed by atoms with E-state index in [0.29, 0.717) is 37.4 Å². The van der Waals surface area contributed by atoms with Crippen LogP contribution in [0.1, 0.15) is 50.3 Å². The Kier molecular flexibility index (Phi) is 8.48. The summed E-state index contributed by atoms with van der Waals surface area (Å²) >= 11 is 0. The molecule has 1 amide bonds. The number of benzene rings is 2. The van der Waals surface area contributed by atoms with Gasteiger partial charge in [-0.3, -0.25) is 4.79 Å². The normalized spacial score (nSPS) is 16.5. The first-order valence-electron chi connectivity index (χ1n) is 11.3. The van der Waals surface area contributed by atoms with Crippen LogP contribution in [0.15, 0.2) is 48.5 Å². The van der Waals surface area contributed by atoms with Crippen LogP contribution in [0.3, 0.4) is 0 Å². The van der Waals surface area contributed by atoms with E-state index in [1.807, 2.05) is 24.3 Å². The van der Waals surface area contributed by atoms with Gasteiger partial charge in [-0.2, -0.15) is 0 Å². The summed E-state index contributed by atoms with van der Waals surface area (Å²) in [6.45, 7) is 4.85. The number of nitrogens with zero attached hydrogens (tertiary/aromatic N) is 1. The molecule has 1 fully saturated rings. The minimum Gasteiger partial charge on any atom is -0.497 e. The zero-order valence-electron chi connectivity index (χ0n) is 19.5. The summed E-state index contributed by atoms with van der Waals surface area (Å²) < 4.78 is 45.3. The van der Waals surface area contributed by atoms with Crippen LogP contribution in [0.5, 0.6) is 5.75 Å². The first-order chi connectivity index (χ1) is 15.7. The smallest absolute Gasteiger partial charge is 0.223 e. The molecular formula is C25H33FN2O4S. The summed E-state index contributed by atoms with van der Waals surface area (Å²) in [5.74, 6) is 0.340. The molecule has 0 aromatic heterocycles. The van der Waals surface area contributed by atoms with Gasteiger partial charge >= 0.3 is 0 Å². The van der Waals surface area contributed by atoms with E-state index in [-0.39, 0.29) is 23.6 Å². The lowest BCUT2D eigenvalue weighted by Crippen LogP contribution is -2.44. The molecule has 0 saturated carbocycles. The highest BCUT2D eigenvalue weighted by Crippen LogP contribution is 2.27. The third kappa shape index (κ3) is 7.01. The van der Waals surface area contributed by atoms with Crippen molar-refractivity contribution in [3.05, 3.63) is 65.5 Å². The van der Waals surface area contributed by atoms with Crippen LogP contribution in [-0.4, -0.2) is 38.8 Å². The fourth-order valence-corrected chi connectivity index (χ4v) is 5.72. The second kappa shape index (κ2) is 11.1. The summed E-state index contributed by atoms with van der Waals surface area (Å²) in [6.07, 6.45) is 1.76. The number of halogens is 1. The molecule has 0 radical (unpaired) electrons. The van der Waals surface area contributed by atoms with Crippen molar-refractivity contribution < 1.29 is 22.3 Å². The molecule has 3 rings (SSSR count). The van der Waals surface area contributed by atoms with Crippen molar-refractivity contribution in [2.45, 2.75) is 44.9 Å². The minimum absolute atomic E-state index is 0.0351. The van der Waals surface area contributed by atoms with Crippen molar-refractivity contribution in [2.24, 2.45) is 11.8 Å². The standard InChI is InChI=1S/C25H33FN2O4S/c1-18(2)16-24(20-6-10-23(32-3)11-7-20)27-25(29)21-12-14-28(15-13-21)33(30,31)17-19-4-8-22(26)9-5-19/h4-11,18,21,24H,12-17H2,1-3H3,(H,27,29). The summed E-state index contributed by atoms with van der Waals surface area (Å²) in [5, 5.41) is 3.19. The van der Waals surface area contributed by atoms with E-state index in [0.717, 1.165) is 17.7 Å². The van der Waals surface area contributed by atoms with Crippen LogP contribution < -0.4 is 10.1 Å². The molecule has 1 heterocycles. The van der Waals surface area contributed by atoms with E-state index in [1.54, 1.807) is 7.11 Å². The van der Waals surface area contributed by atoms with E-state index in [2.05, 4.69) is 19.2 Å². The van der Waals surface area contributed by atoms with Gasteiger partial charge in [0.25, 0.3) is 0 Å². The first-order valence-corrected chi connectivity index (χ1v) is 13.0. The monoisotopic (exact) mass is 476 g/mol. The molecule has 1 aliphatic heterocycles. The largest absolute Gasteiger partial charge is 0.497 e. The van der Waals surface area contributed by atoms with E-state index in [4.69, 9.17) is 4.74 Å². The highest BCUT2D eigenvalue weighted by atomic mass is 32.2. The van der Waals surface area contributed by atoms with Crippen LogP contribution >= 0.6 is 0 Å². The predicted molar refractivity (Wildman–Crippen MR) is 127 cm³/mol. The molecule has 6 nitrogen and oxygen atoms in total. The molecular weight excluding hydrogens is 443 g/mol. The van der Waals surface area contributed by atoms with E-state index in [1.165, 1.54) is 28.6 Å². The number of hydrogen-bond acceptors (Lipinski definition) is 4. The van der Waals surface area contributed by atoms with E-state index >= 15 is 0 Å². The van der Waals surface area contributed by atoms with Gasteiger partial charge in [-0.05, 0) is 60.6 Å². The Morgan fingerprint density at radius 1 is 1.09 bits per heavy atom. The van der Waals surface area contributed by atoms with Crippen molar-refractivity contribution in [3.63, 3.8) is 0 Å². The molecule has 180 valence electrons. The van der Waals surface area contributed by atoms with Gasteiger partial charge in [0.15, 0.2) is 0 Å². The minimum atomic E-state index is -3.52. The van der Waals surface area contributed by atoms with Crippen molar-refractivity contribution in [1.82, 2.24) is 9.62 Å². The number of hydrogen-bond donors (Lipinski definition) is 1. The first kappa shape index (κ1) is 25.2. The molecule has 2 aromatic rings. The molecule has 0 spiro atoms. The Labute approximate surface area is 196 Å². The van der Waals surface area contributed by atoms with Crippen molar-refractivity contribution >= 4 is 15.9 Å². The number of amides is 1. The topological polar surface area (TPSA) is 75.7 Å². The average Bonchev–Trinajstić information content (AvgIpc) is 2.80. The number of sulfonamides is 1. The van der Waals surface area contributed by atoms with E-state index in [9.17, 15) is 17.6 Å². The fraction of sp³-hybridized carbons (Fsp3) is 0.480. The number of ether oxygens (including phenoxy) is 1. The third-order valence-electron chi connectivity index (χ3n) is 6.02. The van der Waals surface area contributed by atoms with Gasteiger partial charge in [-0.1, -0.05) is 38.1 Å². The lowest BCUT2D eigenvalue weighted by Gasteiger charge is -2.32. The summed E-state index contributed by atoms with van der Waals surface area (Å²) in [7, 11) is -1.90. The summed E-state index contributed by atoms with van der Waals surface area (Å²) in [5.41, 5.74) is 1.57. The maximum atomic E-state index is 13.1. The number of methoxy groups -OCH3 is 1. The zero-order valence-corrected chi connectivity index (χ0v) is 20.3. The Bertz CT molecular complexity index is 1020. The van der Waals surface area contributed by atoms with Gasteiger partial charge in [-0.15, -0.1) is 0 Å². The van der Waals surface area contributed by atoms with E-state index < -0.39 is 15.8 Å². The maximum absolute atomic E-state index is 13.1. The molecule has 1 unspecified atom stereocenters. The zero-order chi connectivity index (χ0) is 24.0. The number of carbonyl (C=O) groups is 1. The number of carbonyl (C=O) groups excluding carboxylic acids is 1. The molecule has 0 aliphatic carbocycles. The Balaban J connectivity index is 1.59. The van der Waals surface area contributed by atoms with Crippen molar-refractivity contribution in [3.8, 4) is 5.75 Å². The summed E-state index contributed by atoms with van der Waals surface area (Å²) in [6, 6.07) is 13.1. The van der Waals surface area contributed by atoms with Crippen molar-refractivity contribution in [1.29, 1.82) is 0 Å². The quantitative estimate of drug-likeness (QED) is 0.586. The second-order valence-corrected chi connectivity index (χ2v) is 11.0. The number of nitrogens with one attached hydrogen (secondary N) is 1. The van der Waals surface area contributed by atoms with Gasteiger partial charge in [0.1, 0.15) is 11.6 Å². The molecule has 2 aromatic carbocycles. The summed E-state index contributed by atoms with van der Waals surface area (Å²) in [4.78, 5) is 13.0. The van der Waals surface area contributed by atoms with Gasteiger partial charge in [0.05, 0.1) is 18.9 Å². The highest BCUT2D eigenvalue weighted by Gasteiger charge is 2.32. The van der Waals surface area contributed by atoms with Gasteiger partial charge < -0.3 is 10.1 Å². The van der Waals surface area contributed by atoms with Gasteiger partial charge in [0, 0.05) is 19.0 Å². The van der Waals surface area contributed by atoms with Crippen molar-refractivity contribution in [2.75, 3.05) is 20.2 Å². The van der Waals surface area contributed by atoms with Crippen LogP contribution in [-0.2, 0) is 20.6 Å². The molecule has 33 heavy (non-hydrogen) atoms.